The summed E-state index contributed by atoms with van der Waals surface area (Å²) >= 11 is 5.99. The van der Waals surface area contributed by atoms with Crippen LogP contribution in [0.5, 0.6) is 0 Å². The van der Waals surface area contributed by atoms with Crippen molar-refractivity contribution >= 4 is 23.2 Å². The molecule has 0 bridgehead atoms. The Labute approximate surface area is 106 Å². The van der Waals surface area contributed by atoms with Crippen LogP contribution in [0.25, 0.3) is 0 Å². The van der Waals surface area contributed by atoms with E-state index in [2.05, 4.69) is 21.8 Å². The van der Waals surface area contributed by atoms with Crippen LogP contribution < -0.4 is 5.32 Å². The van der Waals surface area contributed by atoms with Crippen molar-refractivity contribution < 1.29 is 0 Å². The molecule has 4 heteroatoms. The summed E-state index contributed by atoms with van der Waals surface area (Å²) in [5.41, 5.74) is 3.16. The number of imidazole rings is 1. The van der Waals surface area contributed by atoms with E-state index >= 15 is 0 Å². The summed E-state index contributed by atoms with van der Waals surface area (Å²) in [5, 5.41) is 4.05. The summed E-state index contributed by atoms with van der Waals surface area (Å²) in [5.74, 6) is 0.857. The number of halogens is 1. The average Bonchev–Trinajstić information content (AvgIpc) is 2.64. The van der Waals surface area contributed by atoms with Gasteiger partial charge in [0, 0.05) is 23.5 Å². The fourth-order valence-electron chi connectivity index (χ4n) is 1.74. The van der Waals surface area contributed by atoms with Crippen molar-refractivity contribution in [1.29, 1.82) is 0 Å². The third kappa shape index (κ3) is 2.61. The van der Waals surface area contributed by atoms with E-state index in [1.807, 2.05) is 38.2 Å². The highest BCUT2D eigenvalue weighted by Gasteiger charge is 2.06. The zero-order valence-electron chi connectivity index (χ0n) is 10.3. The van der Waals surface area contributed by atoms with Crippen molar-refractivity contribution in [3.63, 3.8) is 0 Å². The van der Waals surface area contributed by atoms with Crippen LogP contribution in [-0.4, -0.2) is 9.55 Å². The Morgan fingerprint density at radius 3 is 2.82 bits per heavy atom. The van der Waals surface area contributed by atoms with E-state index in [0.29, 0.717) is 0 Å². The Kier molecular flexibility index (Phi) is 3.38. The highest BCUT2D eigenvalue weighted by atomic mass is 35.5. The Hall–Kier alpha value is -1.48. The summed E-state index contributed by atoms with van der Waals surface area (Å²) in [6.45, 7) is 7.02. The number of hydrogen-bond acceptors (Lipinski definition) is 2. The van der Waals surface area contributed by atoms with Gasteiger partial charge in [-0.25, -0.2) is 4.98 Å². The van der Waals surface area contributed by atoms with Crippen molar-refractivity contribution in [2.45, 2.75) is 27.3 Å². The van der Waals surface area contributed by atoms with E-state index in [0.717, 1.165) is 34.5 Å². The molecule has 90 valence electrons. The molecule has 0 aliphatic heterocycles. The first-order chi connectivity index (χ1) is 8.10. The molecule has 0 fully saturated rings. The van der Waals surface area contributed by atoms with E-state index in [1.165, 1.54) is 0 Å². The Bertz CT molecular complexity index is 531. The zero-order valence-corrected chi connectivity index (χ0v) is 11.0. The SMILES string of the molecule is CCn1cc(C)nc1Nc1cc(Cl)ccc1C. The fraction of sp³-hybridized carbons (Fsp3) is 0.308. The largest absolute Gasteiger partial charge is 0.325 e. The van der Waals surface area contributed by atoms with Crippen LogP contribution in [0.15, 0.2) is 24.4 Å². The summed E-state index contributed by atoms with van der Waals surface area (Å²) in [6, 6.07) is 5.80. The molecule has 0 unspecified atom stereocenters. The smallest absolute Gasteiger partial charge is 0.207 e. The van der Waals surface area contributed by atoms with Crippen molar-refractivity contribution in [2.24, 2.45) is 0 Å². The van der Waals surface area contributed by atoms with E-state index < -0.39 is 0 Å². The number of aromatic nitrogens is 2. The van der Waals surface area contributed by atoms with Crippen LogP contribution in [0, 0.1) is 13.8 Å². The van der Waals surface area contributed by atoms with Gasteiger partial charge in [0.2, 0.25) is 5.95 Å². The molecular weight excluding hydrogens is 234 g/mol. The molecule has 3 nitrogen and oxygen atoms in total. The molecule has 1 N–H and O–H groups in total. The molecule has 0 aliphatic carbocycles. The zero-order chi connectivity index (χ0) is 12.4. The minimum Gasteiger partial charge on any atom is -0.325 e. The normalized spacial score (nSPS) is 10.6. The van der Waals surface area contributed by atoms with Crippen LogP contribution >= 0.6 is 11.6 Å². The molecule has 0 aliphatic rings. The lowest BCUT2D eigenvalue weighted by Gasteiger charge is -2.10. The maximum atomic E-state index is 5.99. The molecule has 1 aromatic carbocycles. The number of nitrogens with one attached hydrogen (secondary N) is 1. The van der Waals surface area contributed by atoms with E-state index in [9.17, 15) is 0 Å². The Morgan fingerprint density at radius 2 is 2.12 bits per heavy atom. The second-order valence-corrected chi connectivity index (χ2v) is 4.51. The fourth-order valence-corrected chi connectivity index (χ4v) is 1.91. The van der Waals surface area contributed by atoms with Crippen molar-refractivity contribution in [3.05, 3.63) is 40.7 Å². The molecule has 0 amide bonds. The maximum absolute atomic E-state index is 5.99. The van der Waals surface area contributed by atoms with Crippen molar-refractivity contribution in [2.75, 3.05) is 5.32 Å². The molecule has 0 saturated heterocycles. The van der Waals surface area contributed by atoms with Gasteiger partial charge in [-0.05, 0) is 38.5 Å². The predicted octanol–water partition coefficient (Wildman–Crippen LogP) is 3.92. The molecule has 0 atom stereocenters. The lowest BCUT2D eigenvalue weighted by molar-refractivity contribution is 0.771. The lowest BCUT2D eigenvalue weighted by Crippen LogP contribution is -2.02. The third-order valence-corrected chi connectivity index (χ3v) is 2.92. The van der Waals surface area contributed by atoms with Crippen LogP contribution in [-0.2, 0) is 6.54 Å². The molecule has 1 aromatic heterocycles. The molecular formula is C13H16ClN3. The monoisotopic (exact) mass is 249 g/mol. The number of rotatable bonds is 3. The van der Waals surface area contributed by atoms with Crippen LogP contribution in [0.3, 0.4) is 0 Å². The van der Waals surface area contributed by atoms with Crippen LogP contribution in [0.1, 0.15) is 18.2 Å². The van der Waals surface area contributed by atoms with Crippen molar-refractivity contribution in [1.82, 2.24) is 9.55 Å². The van der Waals surface area contributed by atoms with E-state index in [4.69, 9.17) is 11.6 Å². The first kappa shape index (κ1) is 12.0. The first-order valence-corrected chi connectivity index (χ1v) is 6.05. The summed E-state index contributed by atoms with van der Waals surface area (Å²) < 4.78 is 2.08. The van der Waals surface area contributed by atoms with Gasteiger partial charge in [-0.15, -0.1) is 0 Å². The number of benzene rings is 1. The topological polar surface area (TPSA) is 29.9 Å². The molecule has 2 aromatic rings. The predicted molar refractivity (Wildman–Crippen MR) is 72.1 cm³/mol. The molecule has 0 saturated carbocycles. The molecule has 17 heavy (non-hydrogen) atoms. The second-order valence-electron chi connectivity index (χ2n) is 4.08. The minimum atomic E-state index is 0.726. The maximum Gasteiger partial charge on any atom is 0.207 e. The summed E-state index contributed by atoms with van der Waals surface area (Å²) in [6.07, 6.45) is 2.03. The number of aryl methyl sites for hydroxylation is 3. The Balaban J connectivity index is 2.33. The quantitative estimate of drug-likeness (QED) is 0.894. The van der Waals surface area contributed by atoms with Gasteiger partial charge in [0.25, 0.3) is 0 Å². The molecule has 0 spiro atoms. The second kappa shape index (κ2) is 4.80. The third-order valence-electron chi connectivity index (χ3n) is 2.68. The number of hydrogen-bond donors (Lipinski definition) is 1. The van der Waals surface area contributed by atoms with Gasteiger partial charge in [-0.3, -0.25) is 0 Å². The van der Waals surface area contributed by atoms with Gasteiger partial charge in [0.1, 0.15) is 0 Å². The van der Waals surface area contributed by atoms with E-state index in [1.54, 1.807) is 0 Å². The van der Waals surface area contributed by atoms with Gasteiger partial charge in [-0.2, -0.15) is 0 Å². The molecule has 0 radical (unpaired) electrons. The van der Waals surface area contributed by atoms with Gasteiger partial charge >= 0.3 is 0 Å². The minimum absolute atomic E-state index is 0.726. The summed E-state index contributed by atoms with van der Waals surface area (Å²) in [7, 11) is 0. The van der Waals surface area contributed by atoms with Crippen LogP contribution in [0.2, 0.25) is 5.02 Å². The lowest BCUT2D eigenvalue weighted by atomic mass is 10.2. The highest BCUT2D eigenvalue weighted by Crippen LogP contribution is 2.23. The molecule has 1 heterocycles. The van der Waals surface area contributed by atoms with Crippen LogP contribution in [0.4, 0.5) is 11.6 Å². The van der Waals surface area contributed by atoms with Crippen molar-refractivity contribution in [3.8, 4) is 0 Å². The van der Waals surface area contributed by atoms with E-state index in [-0.39, 0.29) is 0 Å². The highest BCUT2D eigenvalue weighted by molar-refractivity contribution is 6.30. The average molecular weight is 250 g/mol. The van der Waals surface area contributed by atoms with Gasteiger partial charge in [0.15, 0.2) is 0 Å². The summed E-state index contributed by atoms with van der Waals surface area (Å²) in [4.78, 5) is 4.46. The Morgan fingerprint density at radius 1 is 1.35 bits per heavy atom. The number of nitrogens with zero attached hydrogens (tertiary/aromatic N) is 2. The first-order valence-electron chi connectivity index (χ1n) is 5.67. The standard InChI is InChI=1S/C13H16ClN3/c1-4-17-8-10(3)15-13(17)16-12-7-11(14)6-5-9(12)2/h5-8H,4H2,1-3H3,(H,15,16). The number of anilines is 2. The van der Waals surface area contributed by atoms with Gasteiger partial charge in [0.05, 0.1) is 5.69 Å². The van der Waals surface area contributed by atoms with Gasteiger partial charge in [-0.1, -0.05) is 17.7 Å². The molecule has 2 rings (SSSR count). The van der Waals surface area contributed by atoms with Gasteiger partial charge < -0.3 is 9.88 Å².